The average Bonchev–Trinajstić information content (AvgIpc) is 2.32. The van der Waals surface area contributed by atoms with Crippen LogP contribution in [0, 0.1) is 5.82 Å². The molecule has 1 unspecified atom stereocenters. The number of ether oxygens (including phenoxy) is 2. The molecule has 5 nitrogen and oxygen atoms in total. The summed E-state index contributed by atoms with van der Waals surface area (Å²) in [5.41, 5.74) is 5.30. The van der Waals surface area contributed by atoms with Gasteiger partial charge >= 0.3 is 6.09 Å². The van der Waals surface area contributed by atoms with Crippen molar-refractivity contribution in [2.45, 2.75) is 45.6 Å². The fourth-order valence-corrected chi connectivity index (χ4v) is 2.01. The Kier molecular flexibility index (Phi) is 4.37. The smallest absolute Gasteiger partial charge is 0.413 e. The fraction of sp³-hybridized carbons (Fsp3) is 0.533. The van der Waals surface area contributed by atoms with Crippen LogP contribution in [0.5, 0.6) is 5.75 Å². The normalized spacial score (nSPS) is 18.1. The van der Waals surface area contributed by atoms with Gasteiger partial charge in [-0.3, -0.25) is 4.90 Å². The predicted octanol–water partition coefficient (Wildman–Crippen LogP) is 2.63. The molecule has 1 saturated heterocycles. The van der Waals surface area contributed by atoms with Crippen LogP contribution in [0.3, 0.4) is 0 Å². The Morgan fingerprint density at radius 1 is 1.48 bits per heavy atom. The first-order chi connectivity index (χ1) is 9.81. The Morgan fingerprint density at radius 3 is 2.71 bits per heavy atom. The van der Waals surface area contributed by atoms with Gasteiger partial charge in [0.25, 0.3) is 0 Å². The molecule has 1 amide bonds. The number of hydrogen-bond donors (Lipinski definition) is 1. The van der Waals surface area contributed by atoms with Gasteiger partial charge in [-0.25, -0.2) is 9.18 Å². The molecule has 116 valence electrons. The number of hydrogen-bond acceptors (Lipinski definition) is 4. The van der Waals surface area contributed by atoms with Crippen molar-refractivity contribution in [2.75, 3.05) is 6.54 Å². The minimum absolute atomic E-state index is 0.0428. The molecule has 6 heteroatoms. The van der Waals surface area contributed by atoms with E-state index >= 15 is 0 Å². The molecule has 1 aromatic rings. The SMILES string of the molecule is CC(C)(C)OC(=O)N1CCC1Oc1cccc(F)c1CN. The number of nitrogens with zero attached hydrogens (tertiary/aromatic N) is 1. The van der Waals surface area contributed by atoms with Crippen molar-refractivity contribution in [3.05, 3.63) is 29.6 Å². The van der Waals surface area contributed by atoms with E-state index in [1.165, 1.54) is 11.0 Å². The molecule has 0 radical (unpaired) electrons. The van der Waals surface area contributed by atoms with E-state index in [0.717, 1.165) is 0 Å². The van der Waals surface area contributed by atoms with E-state index < -0.39 is 23.7 Å². The number of carbonyl (C=O) groups excluding carboxylic acids is 1. The van der Waals surface area contributed by atoms with E-state index in [0.29, 0.717) is 24.3 Å². The van der Waals surface area contributed by atoms with Gasteiger partial charge in [0.2, 0.25) is 0 Å². The third-order valence-corrected chi connectivity index (χ3v) is 3.14. The highest BCUT2D eigenvalue weighted by molar-refractivity contribution is 5.69. The molecule has 1 fully saturated rings. The molecule has 2 rings (SSSR count). The van der Waals surface area contributed by atoms with Crippen molar-refractivity contribution < 1.29 is 18.7 Å². The Balaban J connectivity index is 2.04. The van der Waals surface area contributed by atoms with E-state index in [1.54, 1.807) is 32.9 Å². The topological polar surface area (TPSA) is 64.8 Å². The second kappa shape index (κ2) is 5.89. The van der Waals surface area contributed by atoms with Gasteiger partial charge in [0.05, 0.1) is 0 Å². The molecule has 21 heavy (non-hydrogen) atoms. The molecule has 0 aliphatic carbocycles. The van der Waals surface area contributed by atoms with Gasteiger partial charge in [0.1, 0.15) is 17.2 Å². The lowest BCUT2D eigenvalue weighted by atomic mass is 10.1. The molecule has 0 saturated carbocycles. The highest BCUT2D eigenvalue weighted by Gasteiger charge is 2.37. The molecular formula is C15H21FN2O3. The van der Waals surface area contributed by atoms with Crippen LogP contribution in [0.25, 0.3) is 0 Å². The second-order valence-electron chi connectivity index (χ2n) is 5.96. The zero-order chi connectivity index (χ0) is 15.6. The highest BCUT2D eigenvalue weighted by atomic mass is 19.1. The largest absolute Gasteiger partial charge is 0.470 e. The highest BCUT2D eigenvalue weighted by Crippen LogP contribution is 2.28. The van der Waals surface area contributed by atoms with Crippen molar-refractivity contribution in [1.29, 1.82) is 0 Å². The van der Waals surface area contributed by atoms with Crippen LogP contribution in [0.4, 0.5) is 9.18 Å². The zero-order valence-corrected chi connectivity index (χ0v) is 12.6. The van der Waals surface area contributed by atoms with Crippen molar-refractivity contribution in [3.8, 4) is 5.75 Å². The molecule has 1 heterocycles. The van der Waals surface area contributed by atoms with E-state index in [2.05, 4.69) is 0 Å². The molecule has 1 aliphatic rings. The van der Waals surface area contributed by atoms with Crippen LogP contribution >= 0.6 is 0 Å². The number of amides is 1. The summed E-state index contributed by atoms with van der Waals surface area (Å²) in [5, 5.41) is 0. The molecule has 0 aromatic heterocycles. The molecular weight excluding hydrogens is 275 g/mol. The maximum atomic E-state index is 13.6. The monoisotopic (exact) mass is 296 g/mol. The van der Waals surface area contributed by atoms with Gasteiger partial charge in [-0.2, -0.15) is 0 Å². The summed E-state index contributed by atoms with van der Waals surface area (Å²) in [4.78, 5) is 13.5. The summed E-state index contributed by atoms with van der Waals surface area (Å²) in [6.07, 6.45) is -0.184. The quantitative estimate of drug-likeness (QED) is 0.931. The summed E-state index contributed by atoms with van der Waals surface area (Å²) < 4.78 is 24.6. The van der Waals surface area contributed by atoms with Crippen molar-refractivity contribution >= 4 is 6.09 Å². The van der Waals surface area contributed by atoms with Gasteiger partial charge in [-0.15, -0.1) is 0 Å². The minimum atomic E-state index is -0.557. The van der Waals surface area contributed by atoms with Crippen LogP contribution in [0.2, 0.25) is 0 Å². The first-order valence-electron chi connectivity index (χ1n) is 6.95. The van der Waals surface area contributed by atoms with Gasteiger partial charge < -0.3 is 15.2 Å². The van der Waals surface area contributed by atoms with Crippen LogP contribution in [0.15, 0.2) is 18.2 Å². The number of nitrogens with two attached hydrogens (primary N) is 1. The Hall–Kier alpha value is -1.82. The van der Waals surface area contributed by atoms with E-state index in [4.69, 9.17) is 15.2 Å². The van der Waals surface area contributed by atoms with Crippen LogP contribution < -0.4 is 10.5 Å². The number of halogens is 1. The first-order valence-corrected chi connectivity index (χ1v) is 6.95. The van der Waals surface area contributed by atoms with E-state index in [-0.39, 0.29) is 6.54 Å². The van der Waals surface area contributed by atoms with Gasteiger partial charge in [0, 0.05) is 25.1 Å². The Bertz CT molecular complexity index is 528. The van der Waals surface area contributed by atoms with Gasteiger partial charge in [0.15, 0.2) is 6.23 Å². The summed E-state index contributed by atoms with van der Waals surface area (Å²) in [5.74, 6) is -0.0334. The van der Waals surface area contributed by atoms with Crippen LogP contribution in [-0.2, 0) is 11.3 Å². The number of benzene rings is 1. The lowest BCUT2D eigenvalue weighted by Gasteiger charge is -2.41. The summed E-state index contributed by atoms with van der Waals surface area (Å²) >= 11 is 0. The fourth-order valence-electron chi connectivity index (χ4n) is 2.01. The Morgan fingerprint density at radius 2 is 2.19 bits per heavy atom. The summed E-state index contributed by atoms with van der Waals surface area (Å²) in [7, 11) is 0. The van der Waals surface area contributed by atoms with Gasteiger partial charge in [-0.05, 0) is 32.9 Å². The van der Waals surface area contributed by atoms with Crippen molar-refractivity contribution in [1.82, 2.24) is 4.90 Å². The first kappa shape index (κ1) is 15.6. The van der Waals surface area contributed by atoms with Crippen molar-refractivity contribution in [2.24, 2.45) is 5.73 Å². The lowest BCUT2D eigenvalue weighted by Crippen LogP contribution is -2.55. The standard InChI is InChI=1S/C15H21FN2O3/c1-15(2,3)21-14(19)18-8-7-13(18)20-12-6-4-5-11(16)10(12)9-17/h4-6,13H,7-9,17H2,1-3H3. The Labute approximate surface area is 123 Å². The lowest BCUT2D eigenvalue weighted by molar-refractivity contribution is -0.0665. The maximum absolute atomic E-state index is 13.6. The molecule has 1 atom stereocenters. The number of carbonyl (C=O) groups is 1. The molecule has 0 spiro atoms. The van der Waals surface area contributed by atoms with Gasteiger partial charge in [-0.1, -0.05) is 6.07 Å². The maximum Gasteiger partial charge on any atom is 0.413 e. The van der Waals surface area contributed by atoms with E-state index in [9.17, 15) is 9.18 Å². The minimum Gasteiger partial charge on any atom is -0.470 e. The van der Waals surface area contributed by atoms with Crippen LogP contribution in [-0.4, -0.2) is 29.4 Å². The third kappa shape index (κ3) is 3.64. The molecule has 2 N–H and O–H groups in total. The number of rotatable bonds is 3. The molecule has 0 bridgehead atoms. The molecule has 1 aliphatic heterocycles. The number of likely N-dealkylation sites (tertiary alicyclic amines) is 1. The second-order valence-corrected chi connectivity index (χ2v) is 5.96. The third-order valence-electron chi connectivity index (χ3n) is 3.14. The zero-order valence-electron chi connectivity index (χ0n) is 12.6. The average molecular weight is 296 g/mol. The van der Waals surface area contributed by atoms with Crippen LogP contribution in [0.1, 0.15) is 32.8 Å². The van der Waals surface area contributed by atoms with E-state index in [1.807, 2.05) is 0 Å². The summed E-state index contributed by atoms with van der Waals surface area (Å²) in [6.45, 7) is 6.02. The molecule has 1 aromatic carbocycles. The predicted molar refractivity (Wildman–Crippen MR) is 76.3 cm³/mol. The summed E-state index contributed by atoms with van der Waals surface area (Å²) in [6, 6.07) is 4.54. The van der Waals surface area contributed by atoms with Crippen molar-refractivity contribution in [3.63, 3.8) is 0 Å².